The molecule has 0 radical (unpaired) electrons. The molecule has 0 aromatic heterocycles. The third-order valence-electron chi connectivity index (χ3n) is 5.07. The lowest BCUT2D eigenvalue weighted by Gasteiger charge is -2.42. The van der Waals surface area contributed by atoms with Crippen LogP contribution in [0.2, 0.25) is 0 Å². The Balaban J connectivity index is 2.20. The molecule has 0 bridgehead atoms. The maximum Gasteiger partial charge on any atom is 0.0184 e. The summed E-state index contributed by atoms with van der Waals surface area (Å²) in [6.07, 6.45) is 5.17. The van der Waals surface area contributed by atoms with Crippen LogP contribution in [-0.4, -0.2) is 4.83 Å². The maximum atomic E-state index is 3.96. The van der Waals surface area contributed by atoms with E-state index >= 15 is 0 Å². The van der Waals surface area contributed by atoms with Gasteiger partial charge in [-0.1, -0.05) is 74.3 Å². The van der Waals surface area contributed by atoms with Crippen molar-refractivity contribution in [2.75, 3.05) is 0 Å². The fourth-order valence-corrected chi connectivity index (χ4v) is 5.07. The lowest BCUT2D eigenvalue weighted by Crippen LogP contribution is -2.38. The Bertz CT molecular complexity index is 404. The molecule has 0 aliphatic heterocycles. The van der Waals surface area contributed by atoms with E-state index in [4.69, 9.17) is 0 Å². The molecule has 0 amide bonds. The van der Waals surface area contributed by atoms with Gasteiger partial charge in [-0.3, -0.25) is 0 Å². The Morgan fingerprint density at radius 1 is 1.16 bits per heavy atom. The Morgan fingerprint density at radius 3 is 2.32 bits per heavy atom. The fraction of sp³-hybridized carbons (Fsp3) is 0.667. The van der Waals surface area contributed by atoms with E-state index in [1.807, 2.05) is 0 Å². The van der Waals surface area contributed by atoms with Gasteiger partial charge in [-0.05, 0) is 47.6 Å². The maximum absolute atomic E-state index is 3.96. The molecule has 0 N–H and O–H groups in total. The first-order chi connectivity index (χ1) is 8.95. The van der Waals surface area contributed by atoms with E-state index in [1.54, 1.807) is 0 Å². The van der Waals surface area contributed by atoms with Crippen LogP contribution in [0.3, 0.4) is 0 Å². The van der Waals surface area contributed by atoms with Crippen LogP contribution in [0.15, 0.2) is 24.3 Å². The number of benzene rings is 1. The third-order valence-corrected chi connectivity index (χ3v) is 6.08. The Kier molecular flexibility index (Phi) is 4.76. The van der Waals surface area contributed by atoms with Gasteiger partial charge in [-0.2, -0.15) is 0 Å². The van der Waals surface area contributed by atoms with Gasteiger partial charge in [0.1, 0.15) is 0 Å². The summed E-state index contributed by atoms with van der Waals surface area (Å²) in [5, 5.41) is 0. The van der Waals surface area contributed by atoms with Crippen molar-refractivity contribution in [2.45, 2.75) is 63.6 Å². The number of halogens is 1. The molecule has 0 heterocycles. The summed E-state index contributed by atoms with van der Waals surface area (Å²) < 4.78 is 0. The van der Waals surface area contributed by atoms with Gasteiger partial charge in [0.2, 0.25) is 0 Å². The topological polar surface area (TPSA) is 0 Å². The molecule has 1 aromatic carbocycles. The summed E-state index contributed by atoms with van der Waals surface area (Å²) in [4.78, 5) is 0.664. The molecule has 1 fully saturated rings. The fourth-order valence-electron chi connectivity index (χ4n) is 3.51. The van der Waals surface area contributed by atoms with Gasteiger partial charge >= 0.3 is 0 Å². The van der Waals surface area contributed by atoms with Gasteiger partial charge in [0.15, 0.2) is 0 Å². The van der Waals surface area contributed by atoms with E-state index in [2.05, 4.69) is 67.9 Å². The monoisotopic (exact) mass is 322 g/mol. The number of alkyl halides is 1. The van der Waals surface area contributed by atoms with Crippen molar-refractivity contribution in [3.8, 4) is 0 Å². The molecule has 3 atom stereocenters. The lowest BCUT2D eigenvalue weighted by atomic mass is 9.66. The second kappa shape index (κ2) is 5.99. The molecule has 2 rings (SSSR count). The minimum Gasteiger partial charge on any atom is -0.0887 e. The number of hydrogen-bond donors (Lipinski definition) is 0. The zero-order valence-corrected chi connectivity index (χ0v) is 14.3. The summed E-state index contributed by atoms with van der Waals surface area (Å²) in [5.41, 5.74) is 3.20. The van der Waals surface area contributed by atoms with Crippen LogP contribution in [0.5, 0.6) is 0 Å². The molecule has 0 saturated heterocycles. The van der Waals surface area contributed by atoms with E-state index in [0.29, 0.717) is 4.83 Å². The molecule has 1 aromatic rings. The minimum atomic E-state index is 0.264. The highest BCUT2D eigenvalue weighted by Gasteiger charge is 2.38. The Morgan fingerprint density at radius 2 is 1.79 bits per heavy atom. The van der Waals surface area contributed by atoms with E-state index in [0.717, 1.165) is 18.3 Å². The first kappa shape index (κ1) is 15.1. The summed E-state index contributed by atoms with van der Waals surface area (Å²) in [5.74, 6) is 1.62. The molecule has 0 nitrogen and oxygen atoms in total. The van der Waals surface area contributed by atoms with E-state index < -0.39 is 0 Å². The predicted octanol–water partition coefficient (Wildman–Crippen LogP) is 5.73. The molecular weight excluding hydrogens is 296 g/mol. The second-order valence-corrected chi connectivity index (χ2v) is 7.99. The standard InChI is InChI=1S/C18H27Br/c1-5-14-7-9-15(10-8-14)18(3,4)16-11-6-13(2)12-17(16)19/h7-10,13,16-17H,5-6,11-12H2,1-4H3. The number of rotatable bonds is 3. The first-order valence-corrected chi connectivity index (χ1v) is 8.60. The van der Waals surface area contributed by atoms with Gasteiger partial charge < -0.3 is 0 Å². The van der Waals surface area contributed by atoms with Gasteiger partial charge in [0.25, 0.3) is 0 Å². The SMILES string of the molecule is CCc1ccc(C(C)(C)C2CCC(C)CC2Br)cc1. The second-order valence-electron chi connectivity index (χ2n) is 6.81. The van der Waals surface area contributed by atoms with Gasteiger partial charge in [-0.15, -0.1) is 0 Å². The molecule has 1 aliphatic rings. The van der Waals surface area contributed by atoms with Crippen LogP contribution in [-0.2, 0) is 11.8 Å². The lowest BCUT2D eigenvalue weighted by molar-refractivity contribution is 0.214. The first-order valence-electron chi connectivity index (χ1n) is 7.68. The normalized spacial score (nSPS) is 28.4. The number of aryl methyl sites for hydroxylation is 1. The zero-order chi connectivity index (χ0) is 14.0. The molecule has 3 unspecified atom stereocenters. The largest absolute Gasteiger partial charge is 0.0887 e. The molecule has 0 spiro atoms. The van der Waals surface area contributed by atoms with Crippen LogP contribution < -0.4 is 0 Å². The average Bonchev–Trinajstić information content (AvgIpc) is 2.38. The zero-order valence-electron chi connectivity index (χ0n) is 12.7. The minimum absolute atomic E-state index is 0.264. The highest BCUT2D eigenvalue weighted by atomic mass is 79.9. The average molecular weight is 323 g/mol. The highest BCUT2D eigenvalue weighted by Crippen LogP contribution is 2.45. The van der Waals surface area contributed by atoms with Gasteiger partial charge in [-0.25, -0.2) is 0 Å². The van der Waals surface area contributed by atoms with Crippen LogP contribution >= 0.6 is 15.9 Å². The highest BCUT2D eigenvalue weighted by molar-refractivity contribution is 9.09. The third kappa shape index (κ3) is 3.24. The van der Waals surface area contributed by atoms with Crippen molar-refractivity contribution in [1.29, 1.82) is 0 Å². The number of hydrogen-bond acceptors (Lipinski definition) is 0. The Labute approximate surface area is 127 Å². The Hall–Kier alpha value is -0.300. The van der Waals surface area contributed by atoms with E-state index in [-0.39, 0.29) is 5.41 Å². The van der Waals surface area contributed by atoms with Crippen molar-refractivity contribution in [3.63, 3.8) is 0 Å². The molecule has 106 valence electrons. The molecule has 1 aliphatic carbocycles. The van der Waals surface area contributed by atoms with E-state index in [9.17, 15) is 0 Å². The summed E-state index contributed by atoms with van der Waals surface area (Å²) in [7, 11) is 0. The van der Waals surface area contributed by atoms with E-state index in [1.165, 1.54) is 30.4 Å². The summed E-state index contributed by atoms with van der Waals surface area (Å²) in [6.45, 7) is 9.44. The molecular formula is C18H27Br. The predicted molar refractivity (Wildman–Crippen MR) is 88.1 cm³/mol. The molecule has 19 heavy (non-hydrogen) atoms. The van der Waals surface area contributed by atoms with Crippen LogP contribution in [0.25, 0.3) is 0 Å². The molecule has 1 heteroatoms. The van der Waals surface area contributed by atoms with Crippen molar-refractivity contribution in [3.05, 3.63) is 35.4 Å². The molecule has 1 saturated carbocycles. The van der Waals surface area contributed by atoms with Crippen LogP contribution in [0.1, 0.15) is 58.1 Å². The quantitative estimate of drug-likeness (QED) is 0.624. The summed E-state index contributed by atoms with van der Waals surface area (Å²) in [6, 6.07) is 9.28. The summed E-state index contributed by atoms with van der Waals surface area (Å²) >= 11 is 3.96. The van der Waals surface area contributed by atoms with Crippen molar-refractivity contribution in [1.82, 2.24) is 0 Å². The van der Waals surface area contributed by atoms with Gasteiger partial charge in [0.05, 0.1) is 0 Å². The van der Waals surface area contributed by atoms with Gasteiger partial charge in [0, 0.05) is 4.83 Å². The van der Waals surface area contributed by atoms with Crippen LogP contribution in [0, 0.1) is 11.8 Å². The van der Waals surface area contributed by atoms with Crippen molar-refractivity contribution in [2.24, 2.45) is 11.8 Å². The van der Waals surface area contributed by atoms with Crippen molar-refractivity contribution >= 4 is 15.9 Å². The van der Waals surface area contributed by atoms with Crippen molar-refractivity contribution < 1.29 is 0 Å². The smallest absolute Gasteiger partial charge is 0.0184 e. The van der Waals surface area contributed by atoms with Crippen LogP contribution in [0.4, 0.5) is 0 Å².